The first kappa shape index (κ1) is 21.3. The summed E-state index contributed by atoms with van der Waals surface area (Å²) in [5, 5.41) is 0.981. The molecule has 3 aromatic carbocycles. The third-order valence-electron chi connectivity index (χ3n) is 5.96. The smallest absolute Gasteiger partial charge is 0.141 e. The number of fused-ring (bicyclic) bond motifs is 1. The summed E-state index contributed by atoms with van der Waals surface area (Å²) in [6.07, 6.45) is 3.94. The van der Waals surface area contributed by atoms with Crippen LogP contribution in [0.2, 0.25) is 10.0 Å². The summed E-state index contributed by atoms with van der Waals surface area (Å²) in [6.45, 7) is 4.32. The Kier molecular flexibility index (Phi) is 6.35. The van der Waals surface area contributed by atoms with Gasteiger partial charge in [0.25, 0.3) is 0 Å². The summed E-state index contributed by atoms with van der Waals surface area (Å²) in [7, 11) is 0. The lowest BCUT2D eigenvalue weighted by molar-refractivity contribution is 0.222. The van der Waals surface area contributed by atoms with E-state index in [-0.39, 0.29) is 0 Å². The Morgan fingerprint density at radius 3 is 2.44 bits per heavy atom. The Morgan fingerprint density at radius 1 is 0.781 bits per heavy atom. The van der Waals surface area contributed by atoms with Gasteiger partial charge < -0.3 is 14.2 Å². The van der Waals surface area contributed by atoms with Crippen LogP contribution in [0.15, 0.2) is 66.7 Å². The molecule has 0 saturated carbocycles. The van der Waals surface area contributed by atoms with Crippen LogP contribution >= 0.6 is 23.2 Å². The van der Waals surface area contributed by atoms with Gasteiger partial charge in [-0.2, -0.15) is 0 Å². The minimum absolute atomic E-state index is 0.472. The van der Waals surface area contributed by atoms with E-state index in [2.05, 4.69) is 33.7 Å². The van der Waals surface area contributed by atoms with Crippen molar-refractivity contribution in [2.75, 3.05) is 19.6 Å². The summed E-state index contributed by atoms with van der Waals surface area (Å²) < 4.78 is 8.39. The second kappa shape index (κ2) is 9.53. The maximum Gasteiger partial charge on any atom is 0.141 e. The molecule has 0 amide bonds. The normalized spacial score (nSPS) is 14.7. The molecule has 0 bridgehead atoms. The van der Waals surface area contributed by atoms with Crippen LogP contribution in [0.5, 0.6) is 11.5 Å². The Bertz CT molecular complexity index is 1230. The van der Waals surface area contributed by atoms with Gasteiger partial charge >= 0.3 is 0 Å². The molecule has 0 aliphatic carbocycles. The molecule has 164 valence electrons. The lowest BCUT2D eigenvalue weighted by Gasteiger charge is -2.26. The van der Waals surface area contributed by atoms with Crippen molar-refractivity contribution in [1.82, 2.24) is 14.5 Å². The average Bonchev–Trinajstić information content (AvgIpc) is 3.20. The zero-order valence-corrected chi connectivity index (χ0v) is 19.3. The zero-order valence-electron chi connectivity index (χ0n) is 17.8. The van der Waals surface area contributed by atoms with Gasteiger partial charge in [0, 0.05) is 24.7 Å². The molecule has 4 aromatic rings. The highest BCUT2D eigenvalue weighted by atomic mass is 35.5. The van der Waals surface area contributed by atoms with Crippen LogP contribution in [0.25, 0.3) is 22.4 Å². The molecule has 1 saturated heterocycles. The summed E-state index contributed by atoms with van der Waals surface area (Å²) in [5.41, 5.74) is 3.20. The van der Waals surface area contributed by atoms with E-state index in [4.69, 9.17) is 32.9 Å². The van der Waals surface area contributed by atoms with E-state index in [0.29, 0.717) is 15.8 Å². The summed E-state index contributed by atoms with van der Waals surface area (Å²) in [6, 6.07) is 21.7. The lowest BCUT2D eigenvalue weighted by Crippen LogP contribution is -2.32. The molecule has 1 aromatic heterocycles. The number of ether oxygens (including phenoxy) is 1. The number of piperidine rings is 1. The molecule has 0 spiro atoms. The quantitative estimate of drug-likeness (QED) is 0.299. The molecular formula is C26H25Cl2N3O. The number of nitrogens with zero attached hydrogens (tertiary/aromatic N) is 3. The predicted octanol–water partition coefficient (Wildman–Crippen LogP) is 7.29. The number of halogens is 2. The van der Waals surface area contributed by atoms with E-state index < -0.39 is 0 Å². The lowest BCUT2D eigenvalue weighted by atomic mass is 10.1. The summed E-state index contributed by atoms with van der Waals surface area (Å²) in [4.78, 5) is 7.53. The van der Waals surface area contributed by atoms with E-state index in [9.17, 15) is 0 Å². The highest BCUT2D eigenvalue weighted by Gasteiger charge is 2.16. The van der Waals surface area contributed by atoms with Gasteiger partial charge in [0.05, 0.1) is 21.1 Å². The van der Waals surface area contributed by atoms with Crippen LogP contribution < -0.4 is 4.74 Å². The highest BCUT2D eigenvalue weighted by Crippen LogP contribution is 2.32. The Balaban J connectivity index is 1.45. The van der Waals surface area contributed by atoms with Crippen LogP contribution in [-0.4, -0.2) is 34.1 Å². The Labute approximate surface area is 198 Å². The number of hydrogen-bond donors (Lipinski definition) is 0. The average molecular weight is 466 g/mol. The van der Waals surface area contributed by atoms with E-state index in [1.54, 1.807) is 12.1 Å². The maximum atomic E-state index is 6.14. The second-order valence-corrected chi connectivity index (χ2v) is 9.00. The molecule has 1 aliphatic heterocycles. The molecular weight excluding hydrogens is 441 g/mol. The van der Waals surface area contributed by atoms with Gasteiger partial charge in [0.2, 0.25) is 0 Å². The number of para-hydroxylation sites is 2. The first-order valence-electron chi connectivity index (χ1n) is 11.1. The van der Waals surface area contributed by atoms with Crippen molar-refractivity contribution in [2.24, 2.45) is 0 Å². The first-order chi connectivity index (χ1) is 15.7. The standard InChI is InChI=1S/C26H25Cl2N3O/c27-22-12-11-21(18-23(22)28)32-20-8-6-7-19(17-20)26-29-24-9-2-3-10-25(24)31(26)16-15-30-13-4-1-5-14-30/h2-3,6-12,17-18H,1,4-5,13-16H2. The van der Waals surface area contributed by atoms with Crippen LogP contribution in [0, 0.1) is 0 Å². The van der Waals surface area contributed by atoms with Gasteiger partial charge in [-0.3, -0.25) is 0 Å². The summed E-state index contributed by atoms with van der Waals surface area (Å²) >= 11 is 12.2. The van der Waals surface area contributed by atoms with E-state index in [1.165, 1.54) is 32.4 Å². The highest BCUT2D eigenvalue weighted by molar-refractivity contribution is 6.42. The molecule has 1 fully saturated rings. The molecule has 1 aliphatic rings. The maximum absolute atomic E-state index is 6.14. The second-order valence-electron chi connectivity index (χ2n) is 8.18. The molecule has 2 heterocycles. The van der Waals surface area contributed by atoms with Crippen LogP contribution in [-0.2, 0) is 6.54 Å². The molecule has 0 radical (unpaired) electrons. The fraction of sp³-hybridized carbons (Fsp3) is 0.269. The van der Waals surface area contributed by atoms with E-state index >= 15 is 0 Å². The Morgan fingerprint density at radius 2 is 1.59 bits per heavy atom. The number of imidazole rings is 1. The minimum atomic E-state index is 0.472. The molecule has 0 unspecified atom stereocenters. The third-order valence-corrected chi connectivity index (χ3v) is 6.70. The number of benzene rings is 3. The minimum Gasteiger partial charge on any atom is -0.457 e. The Hall–Kier alpha value is -2.53. The van der Waals surface area contributed by atoms with Gasteiger partial charge in [0.15, 0.2) is 0 Å². The SMILES string of the molecule is Clc1ccc(Oc2cccc(-c3nc4ccccc4n3CCN3CCCCC3)c2)cc1Cl. The number of likely N-dealkylation sites (tertiary alicyclic amines) is 1. The van der Waals surface area contributed by atoms with Crippen molar-refractivity contribution in [3.05, 3.63) is 76.8 Å². The van der Waals surface area contributed by atoms with Gasteiger partial charge in [-0.15, -0.1) is 0 Å². The number of hydrogen-bond acceptors (Lipinski definition) is 3. The zero-order chi connectivity index (χ0) is 21.9. The van der Waals surface area contributed by atoms with Crippen LogP contribution in [0.4, 0.5) is 0 Å². The molecule has 4 nitrogen and oxygen atoms in total. The fourth-order valence-corrected chi connectivity index (χ4v) is 4.61. The monoisotopic (exact) mass is 465 g/mol. The van der Waals surface area contributed by atoms with E-state index in [0.717, 1.165) is 41.3 Å². The van der Waals surface area contributed by atoms with Crippen molar-refractivity contribution >= 4 is 34.2 Å². The summed E-state index contributed by atoms with van der Waals surface area (Å²) in [5.74, 6) is 2.34. The van der Waals surface area contributed by atoms with Gasteiger partial charge in [-0.1, -0.05) is 53.9 Å². The van der Waals surface area contributed by atoms with E-state index in [1.807, 2.05) is 30.3 Å². The number of aromatic nitrogens is 2. The van der Waals surface area contributed by atoms with Gasteiger partial charge in [-0.05, 0) is 62.3 Å². The molecule has 6 heteroatoms. The fourth-order valence-electron chi connectivity index (χ4n) is 4.32. The van der Waals surface area contributed by atoms with Crippen molar-refractivity contribution in [3.8, 4) is 22.9 Å². The molecule has 5 rings (SSSR count). The van der Waals surface area contributed by atoms with Crippen molar-refractivity contribution < 1.29 is 4.74 Å². The molecule has 32 heavy (non-hydrogen) atoms. The van der Waals surface area contributed by atoms with Crippen molar-refractivity contribution in [3.63, 3.8) is 0 Å². The van der Waals surface area contributed by atoms with Crippen LogP contribution in [0.3, 0.4) is 0 Å². The topological polar surface area (TPSA) is 30.3 Å². The first-order valence-corrected chi connectivity index (χ1v) is 11.8. The molecule has 0 atom stereocenters. The molecule has 0 N–H and O–H groups in total. The third kappa shape index (κ3) is 4.63. The predicted molar refractivity (Wildman–Crippen MR) is 132 cm³/mol. The van der Waals surface area contributed by atoms with Crippen molar-refractivity contribution in [2.45, 2.75) is 25.8 Å². The number of rotatable bonds is 6. The largest absolute Gasteiger partial charge is 0.457 e. The van der Waals surface area contributed by atoms with Gasteiger partial charge in [-0.25, -0.2) is 4.98 Å². The van der Waals surface area contributed by atoms with Crippen LogP contribution in [0.1, 0.15) is 19.3 Å². The van der Waals surface area contributed by atoms with Gasteiger partial charge in [0.1, 0.15) is 17.3 Å². The van der Waals surface area contributed by atoms with Crippen molar-refractivity contribution in [1.29, 1.82) is 0 Å².